The quantitative estimate of drug-likeness (QED) is 0.565. The summed E-state index contributed by atoms with van der Waals surface area (Å²) in [5.74, 6) is 1.03. The molecule has 2 heterocycles. The van der Waals surface area contributed by atoms with Crippen LogP contribution in [0.15, 0.2) is 4.99 Å². The predicted molar refractivity (Wildman–Crippen MR) is 94.4 cm³/mol. The van der Waals surface area contributed by atoms with Gasteiger partial charge in [-0.05, 0) is 44.4 Å². The van der Waals surface area contributed by atoms with Gasteiger partial charge in [-0.25, -0.2) is 0 Å². The molecule has 6 heteroatoms. The Kier molecular flexibility index (Phi) is 6.36. The molecule has 3 aliphatic rings. The molecule has 2 atom stereocenters. The van der Waals surface area contributed by atoms with Crippen molar-refractivity contribution in [3.8, 4) is 0 Å². The molecule has 2 unspecified atom stereocenters. The van der Waals surface area contributed by atoms with E-state index < -0.39 is 0 Å². The van der Waals surface area contributed by atoms with Gasteiger partial charge in [-0.2, -0.15) is 0 Å². The van der Waals surface area contributed by atoms with Gasteiger partial charge in [0, 0.05) is 46.5 Å². The maximum absolute atomic E-state index is 5.97. The number of morpholine rings is 1. The second kappa shape index (κ2) is 8.50. The number of guanidine groups is 1. The van der Waals surface area contributed by atoms with Gasteiger partial charge in [-0.1, -0.05) is 0 Å². The lowest BCUT2D eigenvalue weighted by Crippen LogP contribution is -2.53. The summed E-state index contributed by atoms with van der Waals surface area (Å²) in [5.41, 5.74) is 0.386. The molecule has 138 valence electrons. The first kappa shape index (κ1) is 18.0. The summed E-state index contributed by atoms with van der Waals surface area (Å²) < 4.78 is 17.0. The molecule has 0 radical (unpaired) electrons. The fraction of sp³-hybridized carbons (Fsp3) is 0.944. The molecular formula is C18H33N3O3. The Labute approximate surface area is 145 Å². The number of hydrogen-bond acceptors (Lipinski definition) is 4. The van der Waals surface area contributed by atoms with Crippen LogP contribution in [-0.2, 0) is 14.2 Å². The van der Waals surface area contributed by atoms with Crippen LogP contribution in [-0.4, -0.2) is 76.2 Å². The predicted octanol–water partition coefficient (Wildman–Crippen LogP) is 1.65. The molecule has 0 aromatic rings. The van der Waals surface area contributed by atoms with Gasteiger partial charge in [0.25, 0.3) is 0 Å². The van der Waals surface area contributed by atoms with E-state index in [4.69, 9.17) is 19.2 Å². The largest absolute Gasteiger partial charge is 0.385 e. The average Bonchev–Trinajstić information content (AvgIpc) is 3.16. The smallest absolute Gasteiger partial charge is 0.194 e. The second-order valence-electron chi connectivity index (χ2n) is 7.32. The summed E-state index contributed by atoms with van der Waals surface area (Å²) in [6, 6.07) is 0. The number of methoxy groups -OCH3 is 1. The zero-order valence-corrected chi connectivity index (χ0v) is 15.3. The van der Waals surface area contributed by atoms with Gasteiger partial charge in [-0.3, -0.25) is 4.99 Å². The Bertz CT molecular complexity index is 420. The van der Waals surface area contributed by atoms with Crippen molar-refractivity contribution in [3.05, 3.63) is 0 Å². The van der Waals surface area contributed by atoms with Gasteiger partial charge < -0.3 is 24.4 Å². The topological polar surface area (TPSA) is 55.3 Å². The standard InChI is InChI=1S/C18H33N3O3/c1-3-19-17(20-14-18(6-7-18)8-11-22-2)21-9-12-24-16(13-21)15-5-4-10-23-15/h15-16H,3-14H2,1-2H3,(H,19,20). The SMILES string of the molecule is CCNC(=NCC1(CCOC)CC1)N1CCOC(C2CCCO2)C1. The molecule has 0 bridgehead atoms. The first-order valence-electron chi connectivity index (χ1n) is 9.52. The molecule has 1 N–H and O–H groups in total. The summed E-state index contributed by atoms with van der Waals surface area (Å²) in [6.07, 6.45) is 6.38. The Morgan fingerprint density at radius 1 is 1.29 bits per heavy atom. The molecule has 6 nitrogen and oxygen atoms in total. The maximum atomic E-state index is 5.97. The Morgan fingerprint density at radius 2 is 2.12 bits per heavy atom. The van der Waals surface area contributed by atoms with Crippen molar-refractivity contribution in [2.75, 3.05) is 53.1 Å². The van der Waals surface area contributed by atoms with Crippen LogP contribution in [0, 0.1) is 5.41 Å². The third-order valence-electron chi connectivity index (χ3n) is 5.47. The highest BCUT2D eigenvalue weighted by molar-refractivity contribution is 5.80. The van der Waals surface area contributed by atoms with Crippen LogP contribution in [0.2, 0.25) is 0 Å². The van der Waals surface area contributed by atoms with E-state index >= 15 is 0 Å². The van der Waals surface area contributed by atoms with Gasteiger partial charge in [0.15, 0.2) is 5.96 Å². The zero-order chi connectivity index (χ0) is 16.8. The van der Waals surface area contributed by atoms with Crippen molar-refractivity contribution in [2.45, 2.75) is 51.2 Å². The van der Waals surface area contributed by atoms with Gasteiger partial charge >= 0.3 is 0 Å². The lowest BCUT2D eigenvalue weighted by atomic mass is 10.0. The molecular weight excluding hydrogens is 306 g/mol. The van der Waals surface area contributed by atoms with E-state index in [0.29, 0.717) is 5.41 Å². The molecule has 2 aliphatic heterocycles. The number of nitrogens with zero attached hydrogens (tertiary/aromatic N) is 2. The molecule has 0 amide bonds. The van der Waals surface area contributed by atoms with Crippen molar-refractivity contribution in [2.24, 2.45) is 10.4 Å². The highest BCUT2D eigenvalue weighted by Gasteiger charge is 2.42. The molecule has 0 spiro atoms. The van der Waals surface area contributed by atoms with Crippen molar-refractivity contribution < 1.29 is 14.2 Å². The molecule has 3 fully saturated rings. The van der Waals surface area contributed by atoms with Crippen molar-refractivity contribution in [3.63, 3.8) is 0 Å². The van der Waals surface area contributed by atoms with Crippen LogP contribution in [0.25, 0.3) is 0 Å². The van der Waals surface area contributed by atoms with E-state index in [1.807, 2.05) is 0 Å². The minimum Gasteiger partial charge on any atom is -0.385 e. The summed E-state index contributed by atoms with van der Waals surface area (Å²) >= 11 is 0. The Hall–Kier alpha value is -0.850. The van der Waals surface area contributed by atoms with Crippen molar-refractivity contribution in [1.82, 2.24) is 10.2 Å². The number of rotatable bonds is 7. The lowest BCUT2D eigenvalue weighted by molar-refractivity contribution is -0.0817. The summed E-state index contributed by atoms with van der Waals surface area (Å²) in [5, 5.41) is 3.47. The summed E-state index contributed by atoms with van der Waals surface area (Å²) in [7, 11) is 1.78. The first-order chi connectivity index (χ1) is 11.8. The molecule has 3 rings (SSSR count). The molecule has 0 aromatic heterocycles. The molecule has 24 heavy (non-hydrogen) atoms. The van der Waals surface area contributed by atoms with E-state index in [0.717, 1.165) is 71.2 Å². The molecule has 0 aromatic carbocycles. The first-order valence-corrected chi connectivity index (χ1v) is 9.52. The van der Waals surface area contributed by atoms with E-state index in [-0.39, 0.29) is 12.2 Å². The van der Waals surface area contributed by atoms with Crippen LogP contribution < -0.4 is 5.32 Å². The minimum absolute atomic E-state index is 0.175. The summed E-state index contributed by atoms with van der Waals surface area (Å²) in [4.78, 5) is 7.32. The van der Waals surface area contributed by atoms with Crippen molar-refractivity contribution in [1.29, 1.82) is 0 Å². The van der Waals surface area contributed by atoms with Crippen LogP contribution in [0.3, 0.4) is 0 Å². The van der Waals surface area contributed by atoms with Gasteiger partial charge in [0.2, 0.25) is 0 Å². The Balaban J connectivity index is 1.58. The van der Waals surface area contributed by atoms with Crippen LogP contribution in [0.4, 0.5) is 0 Å². The highest BCUT2D eigenvalue weighted by Crippen LogP contribution is 2.49. The average molecular weight is 339 g/mol. The van der Waals surface area contributed by atoms with Gasteiger partial charge in [0.05, 0.1) is 12.7 Å². The minimum atomic E-state index is 0.175. The molecule has 1 saturated carbocycles. The van der Waals surface area contributed by atoms with E-state index in [9.17, 15) is 0 Å². The van der Waals surface area contributed by atoms with Crippen LogP contribution >= 0.6 is 0 Å². The molecule has 1 aliphatic carbocycles. The van der Waals surface area contributed by atoms with Crippen molar-refractivity contribution >= 4 is 5.96 Å². The third-order valence-corrected chi connectivity index (χ3v) is 5.47. The van der Waals surface area contributed by atoms with Gasteiger partial charge in [-0.15, -0.1) is 0 Å². The third kappa shape index (κ3) is 4.61. The van der Waals surface area contributed by atoms with Crippen LogP contribution in [0.5, 0.6) is 0 Å². The highest BCUT2D eigenvalue weighted by atomic mass is 16.5. The zero-order valence-electron chi connectivity index (χ0n) is 15.3. The number of ether oxygens (including phenoxy) is 3. The maximum Gasteiger partial charge on any atom is 0.194 e. The number of nitrogens with one attached hydrogen (secondary N) is 1. The second-order valence-corrected chi connectivity index (χ2v) is 7.32. The van der Waals surface area contributed by atoms with E-state index in [1.165, 1.54) is 12.8 Å². The lowest BCUT2D eigenvalue weighted by Gasteiger charge is -2.37. The summed E-state index contributed by atoms with van der Waals surface area (Å²) in [6.45, 7) is 8.18. The van der Waals surface area contributed by atoms with Gasteiger partial charge in [0.1, 0.15) is 6.10 Å². The fourth-order valence-electron chi connectivity index (χ4n) is 3.64. The normalized spacial score (nSPS) is 29.8. The Morgan fingerprint density at radius 3 is 2.79 bits per heavy atom. The molecule has 2 saturated heterocycles. The van der Waals surface area contributed by atoms with Crippen LogP contribution in [0.1, 0.15) is 39.0 Å². The van der Waals surface area contributed by atoms with E-state index in [1.54, 1.807) is 7.11 Å². The number of aliphatic imine (C=N–C) groups is 1. The monoisotopic (exact) mass is 339 g/mol. The fourth-order valence-corrected chi connectivity index (χ4v) is 3.64. The number of hydrogen-bond donors (Lipinski definition) is 1. The van der Waals surface area contributed by atoms with E-state index in [2.05, 4.69) is 17.1 Å².